The average molecular weight is 189 g/mol. The van der Waals surface area contributed by atoms with Crippen molar-refractivity contribution in [2.75, 3.05) is 0 Å². The molecule has 0 unspecified atom stereocenters. The van der Waals surface area contributed by atoms with Crippen molar-refractivity contribution in [1.29, 1.82) is 0 Å². The molecular weight excluding hydrogens is 180 g/mol. The third kappa shape index (κ3) is 1.77. The molecule has 6 heteroatoms. The van der Waals surface area contributed by atoms with E-state index in [1.165, 1.54) is 12.4 Å². The topological polar surface area (TPSA) is 71.1 Å². The SMILES string of the molecule is Cc1c[n+](S(=O)(=O)O)c(C)cn1. The maximum atomic E-state index is 10.7. The second kappa shape index (κ2) is 2.80. The van der Waals surface area contributed by atoms with Gasteiger partial charge in [0.2, 0.25) is 11.9 Å². The van der Waals surface area contributed by atoms with Gasteiger partial charge in [0.15, 0.2) is 0 Å². The minimum absolute atomic E-state index is 0.364. The molecule has 0 aliphatic heterocycles. The number of rotatable bonds is 1. The summed E-state index contributed by atoms with van der Waals surface area (Å²) in [5.74, 6) is 0. The Balaban J connectivity index is 3.43. The van der Waals surface area contributed by atoms with E-state index in [4.69, 9.17) is 4.55 Å². The van der Waals surface area contributed by atoms with Crippen LogP contribution in [0.2, 0.25) is 0 Å². The third-order valence-electron chi connectivity index (χ3n) is 1.36. The van der Waals surface area contributed by atoms with Crippen LogP contribution in [0.25, 0.3) is 0 Å². The first-order chi connectivity index (χ1) is 5.41. The van der Waals surface area contributed by atoms with E-state index >= 15 is 0 Å². The van der Waals surface area contributed by atoms with E-state index in [1.807, 2.05) is 0 Å². The van der Waals surface area contributed by atoms with Crippen molar-refractivity contribution in [3.63, 3.8) is 0 Å². The summed E-state index contributed by atoms with van der Waals surface area (Å²) in [6.07, 6.45) is 2.63. The zero-order valence-corrected chi connectivity index (χ0v) is 7.54. The summed E-state index contributed by atoms with van der Waals surface area (Å²) in [6, 6.07) is 0. The van der Waals surface area contributed by atoms with E-state index in [1.54, 1.807) is 13.8 Å². The van der Waals surface area contributed by atoms with E-state index < -0.39 is 10.3 Å². The van der Waals surface area contributed by atoms with Crippen molar-refractivity contribution in [3.05, 3.63) is 23.8 Å². The highest BCUT2D eigenvalue weighted by atomic mass is 32.2. The molecule has 66 valence electrons. The molecule has 0 bridgehead atoms. The Hall–Kier alpha value is -1.01. The highest BCUT2D eigenvalue weighted by molar-refractivity contribution is 7.79. The fourth-order valence-electron chi connectivity index (χ4n) is 0.806. The highest BCUT2D eigenvalue weighted by Gasteiger charge is 2.21. The predicted molar refractivity (Wildman–Crippen MR) is 40.9 cm³/mol. The van der Waals surface area contributed by atoms with E-state index in [9.17, 15) is 8.42 Å². The zero-order chi connectivity index (χ0) is 9.35. The van der Waals surface area contributed by atoms with Crippen molar-refractivity contribution < 1.29 is 16.9 Å². The summed E-state index contributed by atoms with van der Waals surface area (Å²) in [7, 11) is -4.18. The van der Waals surface area contributed by atoms with E-state index in [0.29, 0.717) is 11.4 Å². The Morgan fingerprint density at radius 3 is 2.50 bits per heavy atom. The van der Waals surface area contributed by atoms with E-state index in [2.05, 4.69) is 4.98 Å². The summed E-state index contributed by atoms with van der Waals surface area (Å²) >= 11 is 0. The molecule has 12 heavy (non-hydrogen) atoms. The molecule has 0 spiro atoms. The Kier molecular flexibility index (Phi) is 2.12. The monoisotopic (exact) mass is 189 g/mol. The molecule has 0 radical (unpaired) electrons. The van der Waals surface area contributed by atoms with Gasteiger partial charge < -0.3 is 0 Å². The molecule has 5 nitrogen and oxygen atoms in total. The third-order valence-corrected chi connectivity index (χ3v) is 2.25. The maximum absolute atomic E-state index is 10.7. The first kappa shape index (κ1) is 9.08. The minimum atomic E-state index is -4.18. The fourth-order valence-corrected chi connectivity index (χ4v) is 1.50. The molecule has 0 aliphatic rings. The number of aromatic nitrogens is 2. The van der Waals surface area contributed by atoms with E-state index in [0.717, 1.165) is 3.97 Å². The van der Waals surface area contributed by atoms with Crippen molar-refractivity contribution in [1.82, 2.24) is 4.98 Å². The van der Waals surface area contributed by atoms with Gasteiger partial charge in [0.25, 0.3) is 0 Å². The van der Waals surface area contributed by atoms with Crippen molar-refractivity contribution >= 4 is 10.3 Å². The van der Waals surface area contributed by atoms with Crippen molar-refractivity contribution in [3.8, 4) is 0 Å². The Morgan fingerprint density at radius 2 is 2.08 bits per heavy atom. The standard InChI is InChI=1S/C6H8N2O3S/c1-5-4-8(12(9,10)11)6(2)3-7-5/h3-4H,1-2H3/p+1. The smallest absolute Gasteiger partial charge is 0.249 e. The van der Waals surface area contributed by atoms with Crippen LogP contribution in [-0.4, -0.2) is 18.0 Å². The molecule has 1 heterocycles. The minimum Gasteiger partial charge on any atom is -0.249 e. The molecule has 0 aromatic carbocycles. The Labute approximate surface area is 70.6 Å². The lowest BCUT2D eigenvalue weighted by Gasteiger charge is -1.94. The first-order valence-electron chi connectivity index (χ1n) is 3.24. The van der Waals surface area contributed by atoms with Crippen LogP contribution >= 0.6 is 0 Å². The summed E-state index contributed by atoms with van der Waals surface area (Å²) < 4.78 is 30.9. The number of hydrogen-bond acceptors (Lipinski definition) is 3. The predicted octanol–water partition coefficient (Wildman–Crippen LogP) is -0.363. The molecule has 0 fully saturated rings. The zero-order valence-electron chi connectivity index (χ0n) is 6.72. The van der Waals surface area contributed by atoms with Gasteiger partial charge in [0.05, 0.1) is 6.20 Å². The quantitative estimate of drug-likeness (QED) is 0.483. The van der Waals surface area contributed by atoms with Crippen LogP contribution in [0.5, 0.6) is 0 Å². The van der Waals surface area contributed by atoms with Gasteiger partial charge in [0.1, 0.15) is 5.69 Å². The second-order valence-electron chi connectivity index (χ2n) is 2.44. The molecule has 0 saturated carbocycles. The Bertz CT molecular complexity index is 399. The first-order valence-corrected chi connectivity index (χ1v) is 4.64. The molecule has 0 atom stereocenters. The summed E-state index contributed by atoms with van der Waals surface area (Å²) in [5.41, 5.74) is 0.890. The van der Waals surface area contributed by atoms with Gasteiger partial charge in [-0.15, -0.1) is 8.42 Å². The second-order valence-corrected chi connectivity index (χ2v) is 3.73. The lowest BCUT2D eigenvalue weighted by Crippen LogP contribution is -2.45. The fraction of sp³-hybridized carbons (Fsp3) is 0.333. The van der Waals surface area contributed by atoms with Gasteiger partial charge in [0, 0.05) is 6.92 Å². The van der Waals surface area contributed by atoms with Gasteiger partial charge in [-0.25, -0.2) is 9.54 Å². The molecule has 0 saturated heterocycles. The van der Waals surface area contributed by atoms with Gasteiger partial charge >= 0.3 is 10.3 Å². The average Bonchev–Trinajstić information content (AvgIpc) is 1.92. The van der Waals surface area contributed by atoms with Crippen molar-refractivity contribution in [2.45, 2.75) is 13.8 Å². The highest BCUT2D eigenvalue weighted by Crippen LogP contribution is 1.91. The maximum Gasteiger partial charge on any atom is 0.511 e. The van der Waals surface area contributed by atoms with Crippen LogP contribution in [0.1, 0.15) is 11.4 Å². The molecule has 0 aliphatic carbocycles. The number of aryl methyl sites for hydroxylation is 2. The molecule has 1 aromatic heterocycles. The van der Waals surface area contributed by atoms with Crippen LogP contribution in [0.15, 0.2) is 12.4 Å². The van der Waals surface area contributed by atoms with Gasteiger partial charge in [-0.1, -0.05) is 3.97 Å². The largest absolute Gasteiger partial charge is 0.511 e. The number of nitrogens with zero attached hydrogens (tertiary/aromatic N) is 2. The molecular formula is C6H9N2O3S+. The van der Waals surface area contributed by atoms with Crippen LogP contribution < -0.4 is 3.97 Å². The summed E-state index contributed by atoms with van der Waals surface area (Å²) in [4.78, 5) is 3.86. The van der Waals surface area contributed by atoms with Crippen LogP contribution in [0.4, 0.5) is 0 Å². The van der Waals surface area contributed by atoms with Crippen LogP contribution in [0.3, 0.4) is 0 Å². The van der Waals surface area contributed by atoms with E-state index in [-0.39, 0.29) is 0 Å². The molecule has 1 aromatic rings. The number of hydrogen-bond donors (Lipinski definition) is 1. The van der Waals surface area contributed by atoms with Crippen LogP contribution in [-0.2, 0) is 10.3 Å². The summed E-state index contributed by atoms with van der Waals surface area (Å²) in [6.45, 7) is 3.18. The van der Waals surface area contributed by atoms with Gasteiger partial charge in [-0.2, -0.15) is 0 Å². The summed E-state index contributed by atoms with van der Waals surface area (Å²) in [5, 5.41) is 0. The molecule has 1 rings (SSSR count). The molecule has 0 amide bonds. The van der Waals surface area contributed by atoms with Gasteiger partial charge in [-0.05, 0) is 6.92 Å². The lowest BCUT2D eigenvalue weighted by molar-refractivity contribution is -0.528. The normalized spacial score (nSPS) is 11.6. The molecule has 1 N–H and O–H groups in total. The van der Waals surface area contributed by atoms with Crippen molar-refractivity contribution in [2.24, 2.45) is 0 Å². The van der Waals surface area contributed by atoms with Gasteiger partial charge in [-0.3, -0.25) is 0 Å². The lowest BCUT2D eigenvalue weighted by atomic mass is 10.4. The Morgan fingerprint density at radius 1 is 1.50 bits per heavy atom. The van der Waals surface area contributed by atoms with Crippen LogP contribution in [0, 0.1) is 13.8 Å².